The van der Waals surface area contributed by atoms with Crippen molar-refractivity contribution < 1.29 is 46.0 Å². The molecule has 18 rings (SSSR count). The van der Waals surface area contributed by atoms with Crippen LogP contribution in [0.5, 0.6) is 34.5 Å². The van der Waals surface area contributed by atoms with Crippen LogP contribution in [-0.2, 0) is 46.0 Å². The van der Waals surface area contributed by atoms with E-state index in [1.165, 1.54) is 34.4 Å². The molecule has 0 saturated carbocycles. The molecule has 542 valence electrons. The highest BCUT2D eigenvalue weighted by Gasteiger charge is 2.48. The second-order valence-electron chi connectivity index (χ2n) is 28.3. The highest BCUT2D eigenvalue weighted by molar-refractivity contribution is 5.92. The zero-order valence-corrected chi connectivity index (χ0v) is 60.8. The van der Waals surface area contributed by atoms with Crippen molar-refractivity contribution in [2.45, 2.75) is 50.4 Å². The quantitative estimate of drug-likeness (QED) is 0.0414. The van der Waals surface area contributed by atoms with Crippen LogP contribution >= 0.6 is 0 Å². The van der Waals surface area contributed by atoms with Crippen LogP contribution in [0.25, 0.3) is 33.4 Å². The van der Waals surface area contributed by atoms with Crippen LogP contribution in [0.2, 0.25) is 0 Å². The van der Waals surface area contributed by atoms with E-state index in [1.807, 2.05) is 145 Å². The normalized spacial score (nSPS) is 15.2. The molecule has 14 aromatic rings. The van der Waals surface area contributed by atoms with Gasteiger partial charge in [-0.05, 0) is 285 Å². The van der Waals surface area contributed by atoms with Crippen LogP contribution in [0.3, 0.4) is 0 Å². The van der Waals surface area contributed by atoms with Gasteiger partial charge >= 0.3 is 0 Å². The monoisotopic (exact) mass is 1450 g/mol. The van der Waals surface area contributed by atoms with Gasteiger partial charge < -0.3 is 38.2 Å². The van der Waals surface area contributed by atoms with Gasteiger partial charge in [0.1, 0.15) is 47.7 Å². The molecule has 8 nitrogen and oxygen atoms in total. The highest BCUT2D eigenvalue weighted by atomic mass is 19.2. The average molecular weight is 1450 g/mol. The number of nitrogens with zero attached hydrogens (tertiary/aromatic N) is 2. The van der Waals surface area contributed by atoms with E-state index in [-0.39, 0.29) is 0 Å². The molecular weight excluding hydrogens is 1380 g/mol. The molecule has 0 amide bonds. The molecule has 0 aliphatic heterocycles. The maximum absolute atomic E-state index is 15.9. The van der Waals surface area contributed by atoms with Gasteiger partial charge in [-0.2, -0.15) is 0 Å². The lowest BCUT2D eigenvalue weighted by atomic mass is 9.67. The number of fused-ring (bicyclic) bond motifs is 8. The standard InChI is InChI=1S/C98H76F4N2O6/c1-3-105-53-55-107-79-41-23-69(24-42-79)97(71-27-45-81(46-28-71)109-83-39-21-65-13-15-67(65)57-83)89-11-7-5-9-85(89)87-49-35-75(59-91(87)97)103(77-37-51-93(99)95(101)61-77)73-31-17-63(18-32-73)64-19-33-74(34-20-64)104(78-38-52-94(100)96(102)62-78)76-36-50-88-86-10-6-8-12-90(86)98(92(88)60-76,70-25-43-80(44-26-70)108-56-54-106-4-2)72-29-47-82(48-30-72)110-84-40-22-66-14-16-68(66)58-84/h5-12,17-52,57-62H,3-4,13-16,53-56H2,1-2H3. The van der Waals surface area contributed by atoms with Gasteiger partial charge in [-0.15, -0.1) is 0 Å². The molecule has 2 unspecified atom stereocenters. The molecule has 0 fully saturated rings. The van der Waals surface area contributed by atoms with Crippen molar-refractivity contribution in [1.29, 1.82) is 0 Å². The van der Waals surface area contributed by atoms with E-state index >= 15 is 17.6 Å². The third-order valence-corrected chi connectivity index (χ3v) is 22.2. The Bertz CT molecular complexity index is 5420. The fraction of sp³-hybridized carbons (Fsp3) is 0.143. The van der Waals surface area contributed by atoms with Crippen molar-refractivity contribution in [2.75, 3.05) is 49.4 Å². The molecule has 12 heteroatoms. The molecule has 14 aromatic carbocycles. The number of ether oxygens (including phenoxy) is 6. The van der Waals surface area contributed by atoms with E-state index in [4.69, 9.17) is 28.4 Å². The molecule has 0 heterocycles. The van der Waals surface area contributed by atoms with Gasteiger partial charge in [-0.1, -0.05) is 146 Å². The molecule has 0 aromatic heterocycles. The topological polar surface area (TPSA) is 61.9 Å². The Balaban J connectivity index is 0.712. The minimum Gasteiger partial charge on any atom is -0.491 e. The summed E-state index contributed by atoms with van der Waals surface area (Å²) in [4.78, 5) is 3.92. The van der Waals surface area contributed by atoms with Gasteiger partial charge in [0.25, 0.3) is 0 Å². The second-order valence-corrected chi connectivity index (χ2v) is 28.3. The fourth-order valence-corrected chi connectivity index (χ4v) is 16.8. The van der Waals surface area contributed by atoms with Crippen LogP contribution in [0.1, 0.15) is 80.6 Å². The molecule has 0 N–H and O–H groups in total. The first kappa shape index (κ1) is 69.3. The van der Waals surface area contributed by atoms with Crippen molar-refractivity contribution in [1.82, 2.24) is 0 Å². The van der Waals surface area contributed by atoms with Crippen molar-refractivity contribution in [3.8, 4) is 67.9 Å². The molecule has 4 aliphatic rings. The fourth-order valence-electron chi connectivity index (χ4n) is 16.8. The highest BCUT2D eigenvalue weighted by Crippen LogP contribution is 2.60. The second kappa shape index (κ2) is 29.2. The molecular formula is C98H76F4N2O6. The molecule has 2 atom stereocenters. The Labute approximate surface area is 637 Å². The number of aryl methyl sites for hydroxylation is 4. The van der Waals surface area contributed by atoms with Gasteiger partial charge in [0.2, 0.25) is 0 Å². The van der Waals surface area contributed by atoms with E-state index < -0.39 is 34.1 Å². The van der Waals surface area contributed by atoms with Crippen LogP contribution in [0.15, 0.2) is 303 Å². The summed E-state index contributed by atoms with van der Waals surface area (Å²) in [5, 5.41) is 0. The molecule has 0 radical (unpaired) electrons. The average Bonchev–Trinajstić information content (AvgIpc) is 1.55. The van der Waals surface area contributed by atoms with Gasteiger partial charge in [0, 0.05) is 59.5 Å². The van der Waals surface area contributed by atoms with Crippen LogP contribution in [0, 0.1) is 23.3 Å². The Hall–Kier alpha value is -12.5. The number of halogens is 4. The van der Waals surface area contributed by atoms with E-state index in [9.17, 15) is 0 Å². The van der Waals surface area contributed by atoms with Crippen LogP contribution < -0.4 is 28.7 Å². The SMILES string of the molecule is CCOCCOc1ccc(C2(c3ccc(Oc4ccc5c(c4)CC5)cc3)c3ccccc3-c3ccc(N(c4ccc(-c5ccc(N(c6ccc(F)c(F)c6)c6ccc7c(c6)C(c6ccc(OCCOCC)cc6)(c6ccc(Oc8ccc9c(c8)CC9)cc6)c6ccccc6-7)cc5)cc4)c4ccc(F)c(F)c4)cc32)cc1. The van der Waals surface area contributed by atoms with Crippen molar-refractivity contribution in [3.05, 3.63) is 393 Å². The summed E-state index contributed by atoms with van der Waals surface area (Å²) in [6.45, 7) is 6.85. The van der Waals surface area contributed by atoms with E-state index in [0.717, 1.165) is 127 Å². The maximum Gasteiger partial charge on any atom is 0.160 e. The lowest BCUT2D eigenvalue weighted by Gasteiger charge is -2.35. The first-order valence-electron chi connectivity index (χ1n) is 37.6. The van der Waals surface area contributed by atoms with Gasteiger partial charge in [0.15, 0.2) is 23.3 Å². The predicted molar refractivity (Wildman–Crippen MR) is 428 cm³/mol. The summed E-state index contributed by atoms with van der Waals surface area (Å²) in [5.41, 5.74) is 21.2. The Morgan fingerprint density at radius 2 is 0.600 bits per heavy atom. The first-order valence-corrected chi connectivity index (χ1v) is 37.6. The first-order chi connectivity index (χ1) is 54.0. The predicted octanol–water partition coefficient (Wildman–Crippen LogP) is 24.2. The lowest BCUT2D eigenvalue weighted by molar-refractivity contribution is 0.110. The lowest BCUT2D eigenvalue weighted by Crippen LogP contribution is -2.28. The summed E-state index contributed by atoms with van der Waals surface area (Å²) in [7, 11) is 0. The Morgan fingerprint density at radius 1 is 0.273 bits per heavy atom. The summed E-state index contributed by atoms with van der Waals surface area (Å²) in [6.07, 6.45) is 4.25. The maximum atomic E-state index is 15.9. The molecule has 0 bridgehead atoms. The number of benzene rings is 14. The smallest absolute Gasteiger partial charge is 0.160 e. The minimum absolute atomic E-state index is 0.401. The van der Waals surface area contributed by atoms with Crippen LogP contribution in [-0.4, -0.2) is 39.6 Å². The minimum atomic E-state index is -0.985. The summed E-state index contributed by atoms with van der Waals surface area (Å²) in [5.74, 6) is 0.529. The zero-order chi connectivity index (χ0) is 74.5. The van der Waals surface area contributed by atoms with E-state index in [0.29, 0.717) is 96.8 Å². The van der Waals surface area contributed by atoms with E-state index in [1.54, 1.807) is 12.1 Å². The van der Waals surface area contributed by atoms with Crippen molar-refractivity contribution in [2.24, 2.45) is 0 Å². The van der Waals surface area contributed by atoms with Gasteiger partial charge in [0.05, 0.1) is 24.0 Å². The summed E-state index contributed by atoms with van der Waals surface area (Å²) >= 11 is 0. The summed E-state index contributed by atoms with van der Waals surface area (Å²) < 4.78 is 98.8. The van der Waals surface area contributed by atoms with Crippen molar-refractivity contribution >= 4 is 34.1 Å². The summed E-state index contributed by atoms with van der Waals surface area (Å²) in [6, 6.07) is 99.6. The third-order valence-electron chi connectivity index (χ3n) is 22.2. The number of hydrogen-bond donors (Lipinski definition) is 0. The van der Waals surface area contributed by atoms with E-state index in [2.05, 4.69) is 146 Å². The number of hydrogen-bond acceptors (Lipinski definition) is 8. The molecule has 4 aliphatic carbocycles. The Kier molecular flexibility index (Phi) is 18.4. The molecule has 0 saturated heterocycles. The third kappa shape index (κ3) is 12.5. The molecule has 0 spiro atoms. The van der Waals surface area contributed by atoms with Crippen molar-refractivity contribution in [3.63, 3.8) is 0 Å². The number of anilines is 6. The van der Waals surface area contributed by atoms with Gasteiger partial charge in [-0.25, -0.2) is 17.6 Å². The zero-order valence-electron chi connectivity index (χ0n) is 60.8. The Morgan fingerprint density at radius 3 is 0.955 bits per heavy atom. The van der Waals surface area contributed by atoms with Gasteiger partial charge in [-0.3, -0.25) is 0 Å². The molecule has 110 heavy (non-hydrogen) atoms. The largest absolute Gasteiger partial charge is 0.491 e. The number of rotatable bonds is 25. The van der Waals surface area contributed by atoms with Crippen LogP contribution in [0.4, 0.5) is 51.7 Å².